The van der Waals surface area contributed by atoms with Crippen molar-refractivity contribution in [2.45, 2.75) is 53.6 Å². The molecule has 2 N–H and O–H groups in total. The molecule has 0 saturated carbocycles. The number of carbonyl (C=O) groups excluding carboxylic acids is 3. The highest BCUT2D eigenvalue weighted by molar-refractivity contribution is 6.32. The Hall–Kier alpha value is -3.93. The quantitative estimate of drug-likeness (QED) is 0.253. The number of esters is 1. The highest BCUT2D eigenvalue weighted by Gasteiger charge is 2.34. The van der Waals surface area contributed by atoms with E-state index >= 15 is 0 Å². The Morgan fingerprint density at radius 1 is 0.842 bits per heavy atom. The van der Waals surface area contributed by atoms with E-state index in [1.165, 1.54) is 0 Å². The van der Waals surface area contributed by atoms with E-state index < -0.39 is 0 Å². The summed E-state index contributed by atoms with van der Waals surface area (Å²) in [5, 5.41) is 6.34. The number of rotatable bonds is 8. The van der Waals surface area contributed by atoms with Gasteiger partial charge in [-0.15, -0.1) is 0 Å². The molecular weight excluding hydrogens is 476 g/mol. The van der Waals surface area contributed by atoms with Gasteiger partial charge in [0.1, 0.15) is 6.10 Å². The second-order valence-electron chi connectivity index (χ2n) is 11.3. The van der Waals surface area contributed by atoms with Crippen LogP contribution in [0, 0.1) is 11.3 Å². The summed E-state index contributed by atoms with van der Waals surface area (Å²) < 4.78 is 5.86. The van der Waals surface area contributed by atoms with Crippen molar-refractivity contribution in [3.05, 3.63) is 88.5 Å². The molecule has 0 amide bonds. The lowest BCUT2D eigenvalue weighted by Gasteiger charge is -2.31. The predicted molar refractivity (Wildman–Crippen MR) is 152 cm³/mol. The zero-order chi connectivity index (χ0) is 27.6. The molecule has 0 radical (unpaired) electrons. The van der Waals surface area contributed by atoms with Gasteiger partial charge in [-0.3, -0.25) is 14.4 Å². The molecule has 0 bridgehead atoms. The molecule has 0 aliphatic heterocycles. The highest BCUT2D eigenvalue weighted by Crippen LogP contribution is 2.37. The number of anilines is 3. The van der Waals surface area contributed by atoms with Crippen LogP contribution in [0.25, 0.3) is 0 Å². The molecule has 0 heterocycles. The van der Waals surface area contributed by atoms with Crippen LogP contribution in [0.4, 0.5) is 17.1 Å². The zero-order valence-electron chi connectivity index (χ0n) is 23.0. The molecule has 4 rings (SSSR count). The third kappa shape index (κ3) is 5.64. The molecule has 38 heavy (non-hydrogen) atoms. The number of hydrogen-bond acceptors (Lipinski definition) is 6. The van der Waals surface area contributed by atoms with Crippen LogP contribution in [-0.2, 0) is 16.0 Å². The summed E-state index contributed by atoms with van der Waals surface area (Å²) in [7, 11) is 1.73. The van der Waals surface area contributed by atoms with Crippen LogP contribution in [0.3, 0.4) is 0 Å². The van der Waals surface area contributed by atoms with Gasteiger partial charge in [-0.1, -0.05) is 71.0 Å². The minimum atomic E-state index is -0.245. The lowest BCUT2D eigenvalue weighted by atomic mass is 9.82. The number of benzene rings is 3. The van der Waals surface area contributed by atoms with E-state index in [1.54, 1.807) is 43.4 Å². The number of carbonyl (C=O) groups is 3. The second-order valence-corrected chi connectivity index (χ2v) is 11.3. The summed E-state index contributed by atoms with van der Waals surface area (Å²) in [4.78, 5) is 39.5. The Morgan fingerprint density at radius 2 is 1.39 bits per heavy atom. The highest BCUT2D eigenvalue weighted by atomic mass is 16.5. The van der Waals surface area contributed by atoms with E-state index in [-0.39, 0.29) is 35.5 Å². The van der Waals surface area contributed by atoms with Gasteiger partial charge in [0.2, 0.25) is 0 Å². The lowest BCUT2D eigenvalue weighted by Crippen LogP contribution is -2.33. The molecule has 6 heteroatoms. The first-order valence-corrected chi connectivity index (χ1v) is 13.1. The number of ketones is 2. The maximum absolute atomic E-state index is 13.5. The van der Waals surface area contributed by atoms with Gasteiger partial charge in [-0.2, -0.15) is 0 Å². The average Bonchev–Trinajstić information content (AvgIpc) is 2.87. The van der Waals surface area contributed by atoms with Crippen molar-refractivity contribution in [1.82, 2.24) is 0 Å². The molecule has 198 valence electrons. The van der Waals surface area contributed by atoms with Crippen LogP contribution in [0.5, 0.6) is 0 Å². The van der Waals surface area contributed by atoms with Gasteiger partial charge in [-0.25, -0.2) is 0 Å². The van der Waals surface area contributed by atoms with Crippen molar-refractivity contribution in [3.8, 4) is 0 Å². The molecule has 6 nitrogen and oxygen atoms in total. The Bertz CT molecular complexity index is 1370. The number of fused-ring (bicyclic) bond motifs is 2. The van der Waals surface area contributed by atoms with Crippen molar-refractivity contribution in [2.75, 3.05) is 17.7 Å². The molecule has 1 unspecified atom stereocenters. The number of hydrogen-bond donors (Lipinski definition) is 2. The fraction of sp³-hybridized carbons (Fsp3) is 0.344. The Labute approximate surface area is 224 Å². The maximum Gasteiger partial charge on any atom is 0.310 e. The summed E-state index contributed by atoms with van der Waals surface area (Å²) >= 11 is 0. The van der Waals surface area contributed by atoms with Crippen LogP contribution in [0.1, 0.15) is 78.4 Å². The third-order valence-corrected chi connectivity index (χ3v) is 6.85. The summed E-state index contributed by atoms with van der Waals surface area (Å²) in [6.07, 6.45) is 0.856. The molecule has 0 spiro atoms. The summed E-state index contributed by atoms with van der Waals surface area (Å²) in [6, 6.07) is 18.0. The molecular formula is C32H36N2O4. The standard InChI is InChI=1S/C32H36N2O4/c1-19(2)17-26(32(3,4)5)38-27(35)18-20-11-13-21(14-12-20)34-25-16-15-24(33-6)28-29(25)31(37)23-10-8-7-9-22(23)30(28)36/h7-16,19,26,33-34H,17-18H2,1-6H3. The minimum absolute atomic E-state index is 0.130. The van der Waals surface area contributed by atoms with Crippen LogP contribution in [-0.4, -0.2) is 30.7 Å². The van der Waals surface area contributed by atoms with Gasteiger partial charge in [0.15, 0.2) is 11.6 Å². The van der Waals surface area contributed by atoms with Crippen LogP contribution < -0.4 is 10.6 Å². The molecule has 0 fully saturated rings. The van der Waals surface area contributed by atoms with Gasteiger partial charge >= 0.3 is 5.97 Å². The average molecular weight is 513 g/mol. The summed E-state index contributed by atoms with van der Waals surface area (Å²) in [5.74, 6) is -0.182. The number of nitrogens with one attached hydrogen (secondary N) is 2. The third-order valence-electron chi connectivity index (χ3n) is 6.85. The van der Waals surface area contributed by atoms with Gasteiger partial charge < -0.3 is 15.4 Å². The van der Waals surface area contributed by atoms with Crippen molar-refractivity contribution >= 4 is 34.6 Å². The van der Waals surface area contributed by atoms with E-state index in [9.17, 15) is 14.4 Å². The van der Waals surface area contributed by atoms with E-state index in [1.807, 2.05) is 24.3 Å². The zero-order valence-corrected chi connectivity index (χ0v) is 23.0. The van der Waals surface area contributed by atoms with Crippen molar-refractivity contribution in [1.29, 1.82) is 0 Å². The molecule has 3 aromatic rings. The largest absolute Gasteiger partial charge is 0.462 e. The fourth-order valence-electron chi connectivity index (χ4n) is 4.77. The molecule has 3 aromatic carbocycles. The normalized spacial score (nSPS) is 13.6. The van der Waals surface area contributed by atoms with Crippen LogP contribution in [0.2, 0.25) is 0 Å². The Morgan fingerprint density at radius 3 is 1.92 bits per heavy atom. The first-order valence-electron chi connectivity index (χ1n) is 13.1. The number of ether oxygens (including phenoxy) is 1. The first kappa shape index (κ1) is 27.1. The molecule has 1 aliphatic carbocycles. The van der Waals surface area contributed by atoms with Crippen LogP contribution in [0.15, 0.2) is 60.7 Å². The lowest BCUT2D eigenvalue weighted by molar-refractivity contribution is -0.155. The monoisotopic (exact) mass is 512 g/mol. The van der Waals surface area contributed by atoms with Gasteiger partial charge in [0.25, 0.3) is 0 Å². The molecule has 1 aliphatic rings. The molecule has 1 atom stereocenters. The smallest absolute Gasteiger partial charge is 0.310 e. The summed E-state index contributed by atoms with van der Waals surface area (Å²) in [6.45, 7) is 10.5. The van der Waals surface area contributed by atoms with Gasteiger partial charge in [-0.05, 0) is 47.6 Å². The fourth-order valence-corrected chi connectivity index (χ4v) is 4.77. The van der Waals surface area contributed by atoms with Gasteiger partial charge in [0, 0.05) is 29.5 Å². The van der Waals surface area contributed by atoms with Crippen LogP contribution >= 0.6 is 0 Å². The summed E-state index contributed by atoms with van der Waals surface area (Å²) in [5.41, 5.74) is 4.16. The van der Waals surface area contributed by atoms with Gasteiger partial charge in [0.05, 0.1) is 23.2 Å². The second kappa shape index (κ2) is 10.8. The van der Waals surface area contributed by atoms with Crippen molar-refractivity contribution < 1.29 is 19.1 Å². The van der Waals surface area contributed by atoms with Crippen molar-refractivity contribution in [2.24, 2.45) is 11.3 Å². The van der Waals surface area contributed by atoms with Crippen molar-refractivity contribution in [3.63, 3.8) is 0 Å². The molecule has 0 saturated heterocycles. The van der Waals surface area contributed by atoms with E-state index in [2.05, 4.69) is 45.3 Å². The SMILES string of the molecule is CNc1ccc(Nc2ccc(CC(=O)OC(CC(C)C)C(C)(C)C)cc2)c2c1C(=O)c1ccccc1C2=O. The first-order chi connectivity index (χ1) is 18.0. The van der Waals surface area contributed by atoms with E-state index in [0.717, 1.165) is 17.7 Å². The minimum Gasteiger partial charge on any atom is -0.462 e. The Kier molecular flexibility index (Phi) is 7.72. The van der Waals surface area contributed by atoms with E-state index in [0.29, 0.717) is 39.5 Å². The topological polar surface area (TPSA) is 84.5 Å². The Balaban J connectivity index is 1.53. The predicted octanol–water partition coefficient (Wildman–Crippen LogP) is 6.79. The molecule has 0 aromatic heterocycles. The maximum atomic E-state index is 13.5. The van der Waals surface area contributed by atoms with E-state index in [4.69, 9.17) is 4.74 Å².